The number of alkyl halides is 2. The summed E-state index contributed by atoms with van der Waals surface area (Å²) in [6, 6.07) is 13.2. The minimum absolute atomic E-state index is 0.161. The van der Waals surface area contributed by atoms with Crippen LogP contribution in [0.15, 0.2) is 42.5 Å². The molecule has 9 heteroatoms. The maximum atomic E-state index is 13.5. The van der Waals surface area contributed by atoms with Crippen molar-refractivity contribution in [3.63, 3.8) is 0 Å². The minimum atomic E-state index is -2.65. The average molecular weight is 432 g/mol. The molecule has 30 heavy (non-hydrogen) atoms. The van der Waals surface area contributed by atoms with Crippen LogP contribution in [0.3, 0.4) is 0 Å². The Morgan fingerprint density at radius 2 is 1.60 bits per heavy atom. The fourth-order valence-electron chi connectivity index (χ4n) is 4.14. The largest absolute Gasteiger partial charge is 0.454 e. The molecule has 1 aromatic heterocycles. The van der Waals surface area contributed by atoms with E-state index in [9.17, 15) is 8.78 Å². The average Bonchev–Trinajstić information content (AvgIpc) is 3.31. The molecule has 0 N–H and O–H groups in total. The molecule has 3 heterocycles. The van der Waals surface area contributed by atoms with Gasteiger partial charge in [0.25, 0.3) is 0 Å². The number of ether oxygens (including phenoxy) is 2. The summed E-state index contributed by atoms with van der Waals surface area (Å²) in [6.07, 6.45) is 0. The molecule has 0 spiro atoms. The van der Waals surface area contributed by atoms with Crippen LogP contribution in [-0.4, -0.2) is 51.9 Å². The number of imidazole rings is 1. The first-order chi connectivity index (χ1) is 14.6. The smallest absolute Gasteiger partial charge is 0.321 e. The van der Waals surface area contributed by atoms with E-state index in [0.717, 1.165) is 54.3 Å². The fraction of sp³-hybridized carbons (Fsp3) is 0.381. The van der Waals surface area contributed by atoms with Gasteiger partial charge in [0, 0.05) is 32.7 Å². The lowest BCUT2D eigenvalue weighted by Gasteiger charge is -2.34. The molecule has 2 aliphatic rings. The number of benzene rings is 2. The van der Waals surface area contributed by atoms with Crippen LogP contribution < -0.4 is 9.47 Å². The Balaban J connectivity index is 1.26. The highest BCUT2D eigenvalue weighted by molar-refractivity contribution is 7.71. The van der Waals surface area contributed by atoms with Gasteiger partial charge < -0.3 is 14.0 Å². The monoisotopic (exact) mass is 432 g/mol. The lowest BCUT2D eigenvalue weighted by atomic mass is 10.1. The predicted molar refractivity (Wildman–Crippen MR) is 111 cm³/mol. The number of hydrogen-bond acceptors (Lipinski definition) is 5. The highest BCUT2D eigenvalue weighted by Gasteiger charge is 2.22. The van der Waals surface area contributed by atoms with Crippen LogP contribution in [0, 0.1) is 4.77 Å². The van der Waals surface area contributed by atoms with E-state index >= 15 is 0 Å². The summed E-state index contributed by atoms with van der Waals surface area (Å²) in [4.78, 5) is 4.64. The van der Waals surface area contributed by atoms with Crippen LogP contribution in [0.2, 0.25) is 0 Å². The van der Waals surface area contributed by atoms with Gasteiger partial charge in [0.2, 0.25) is 6.79 Å². The molecule has 0 saturated carbocycles. The standard InChI is InChI=1S/C21H22F2N4O2S/c22-20(23)27-17-4-2-1-3-16(17)26(21(27)30)13-25-9-7-24(8-10-25)12-15-5-6-18-19(11-15)29-14-28-18/h1-6,11,20H,7-10,12-14H2. The van der Waals surface area contributed by atoms with Gasteiger partial charge >= 0.3 is 6.55 Å². The first kappa shape index (κ1) is 19.5. The number of piperazine rings is 1. The molecular weight excluding hydrogens is 410 g/mol. The third kappa shape index (κ3) is 3.57. The van der Waals surface area contributed by atoms with Crippen molar-refractivity contribution in [1.29, 1.82) is 0 Å². The summed E-state index contributed by atoms with van der Waals surface area (Å²) in [5, 5.41) is 0. The van der Waals surface area contributed by atoms with E-state index in [4.69, 9.17) is 21.7 Å². The molecule has 0 amide bonds. The number of fused-ring (bicyclic) bond motifs is 2. The van der Waals surface area contributed by atoms with Crippen molar-refractivity contribution in [2.45, 2.75) is 19.8 Å². The lowest BCUT2D eigenvalue weighted by molar-refractivity contribution is 0.0699. The Labute approximate surface area is 177 Å². The van der Waals surface area contributed by atoms with Crippen LogP contribution in [0.4, 0.5) is 8.78 Å². The predicted octanol–water partition coefficient (Wildman–Crippen LogP) is 4.07. The van der Waals surface area contributed by atoms with E-state index in [1.165, 1.54) is 5.56 Å². The van der Waals surface area contributed by atoms with E-state index in [1.807, 2.05) is 28.8 Å². The number of aromatic nitrogens is 2. The SMILES string of the molecule is FC(F)n1c(=S)n(CN2CCN(Cc3ccc4c(c3)OCO4)CC2)c2ccccc21. The minimum Gasteiger partial charge on any atom is -0.454 e. The van der Waals surface area contributed by atoms with Crippen molar-refractivity contribution in [2.75, 3.05) is 33.0 Å². The summed E-state index contributed by atoms with van der Waals surface area (Å²) in [5.74, 6) is 1.60. The first-order valence-electron chi connectivity index (χ1n) is 9.91. The third-order valence-corrected chi connectivity index (χ3v) is 6.13. The number of rotatable bonds is 5. The second kappa shape index (κ2) is 7.98. The summed E-state index contributed by atoms with van der Waals surface area (Å²) in [7, 11) is 0. The molecule has 0 unspecified atom stereocenters. The van der Waals surface area contributed by atoms with Crippen molar-refractivity contribution >= 4 is 23.3 Å². The maximum Gasteiger partial charge on any atom is 0.321 e. The Morgan fingerprint density at radius 3 is 2.37 bits per heavy atom. The second-order valence-corrected chi connectivity index (χ2v) is 7.94. The third-order valence-electron chi connectivity index (χ3n) is 5.71. The van der Waals surface area contributed by atoms with Gasteiger partial charge in [-0.25, -0.2) is 0 Å². The van der Waals surface area contributed by atoms with Crippen molar-refractivity contribution in [2.24, 2.45) is 0 Å². The molecule has 3 aromatic rings. The highest BCUT2D eigenvalue weighted by Crippen LogP contribution is 2.33. The van der Waals surface area contributed by atoms with Crippen molar-refractivity contribution < 1.29 is 18.3 Å². The second-order valence-electron chi connectivity index (χ2n) is 7.57. The van der Waals surface area contributed by atoms with Gasteiger partial charge in [0.15, 0.2) is 16.3 Å². The fourth-order valence-corrected chi connectivity index (χ4v) is 4.48. The molecule has 2 aromatic carbocycles. The van der Waals surface area contributed by atoms with Crippen molar-refractivity contribution in [3.8, 4) is 11.5 Å². The van der Waals surface area contributed by atoms with Gasteiger partial charge in [0.05, 0.1) is 17.7 Å². The highest BCUT2D eigenvalue weighted by atomic mass is 32.1. The first-order valence-corrected chi connectivity index (χ1v) is 10.3. The number of hydrogen-bond donors (Lipinski definition) is 0. The van der Waals surface area contributed by atoms with Gasteiger partial charge in [-0.15, -0.1) is 0 Å². The normalized spacial score (nSPS) is 17.3. The van der Waals surface area contributed by atoms with Gasteiger partial charge in [-0.05, 0) is 42.0 Å². The van der Waals surface area contributed by atoms with E-state index in [1.54, 1.807) is 12.1 Å². The van der Waals surface area contributed by atoms with Gasteiger partial charge in [-0.2, -0.15) is 8.78 Å². The molecule has 6 nitrogen and oxygen atoms in total. The van der Waals surface area contributed by atoms with E-state index in [2.05, 4.69) is 15.9 Å². The quantitative estimate of drug-likeness (QED) is 0.568. The molecular formula is C21H22F2N4O2S. The summed E-state index contributed by atoms with van der Waals surface area (Å²) in [6.45, 7) is 2.47. The van der Waals surface area contributed by atoms with E-state index < -0.39 is 6.55 Å². The van der Waals surface area contributed by atoms with Crippen LogP contribution in [0.1, 0.15) is 12.1 Å². The summed E-state index contributed by atoms with van der Waals surface area (Å²) >= 11 is 5.37. The van der Waals surface area contributed by atoms with Crippen LogP contribution in [-0.2, 0) is 13.2 Å². The van der Waals surface area contributed by atoms with Crippen molar-refractivity contribution in [1.82, 2.24) is 18.9 Å². The maximum absolute atomic E-state index is 13.5. The molecule has 0 aliphatic carbocycles. The number of halogens is 2. The molecule has 0 radical (unpaired) electrons. The molecule has 1 saturated heterocycles. The molecule has 0 atom stereocenters. The number of para-hydroxylation sites is 2. The van der Waals surface area contributed by atoms with Crippen LogP contribution in [0.25, 0.3) is 11.0 Å². The lowest BCUT2D eigenvalue weighted by Crippen LogP contribution is -2.46. The molecule has 5 rings (SSSR count). The van der Waals surface area contributed by atoms with Crippen LogP contribution in [0.5, 0.6) is 11.5 Å². The van der Waals surface area contributed by atoms with Gasteiger partial charge in [0.1, 0.15) is 0 Å². The number of nitrogens with zero attached hydrogens (tertiary/aromatic N) is 4. The summed E-state index contributed by atoms with van der Waals surface area (Å²) in [5.41, 5.74) is 2.40. The topological polar surface area (TPSA) is 34.8 Å². The Hall–Kier alpha value is -2.49. The Morgan fingerprint density at radius 1 is 0.900 bits per heavy atom. The molecule has 158 valence electrons. The Kier molecular flexibility index (Phi) is 5.18. The molecule has 0 bridgehead atoms. The molecule has 2 aliphatic heterocycles. The van der Waals surface area contributed by atoms with Crippen LogP contribution >= 0.6 is 12.2 Å². The van der Waals surface area contributed by atoms with Crippen molar-refractivity contribution in [3.05, 3.63) is 52.8 Å². The zero-order valence-electron chi connectivity index (χ0n) is 16.3. The molecule has 1 fully saturated rings. The van der Waals surface area contributed by atoms with E-state index in [0.29, 0.717) is 12.2 Å². The summed E-state index contributed by atoms with van der Waals surface area (Å²) < 4.78 is 40.8. The zero-order chi connectivity index (χ0) is 20.7. The zero-order valence-corrected chi connectivity index (χ0v) is 17.2. The Bertz CT molecular complexity index is 1120. The van der Waals surface area contributed by atoms with Gasteiger partial charge in [-0.3, -0.25) is 14.4 Å². The van der Waals surface area contributed by atoms with E-state index in [-0.39, 0.29) is 11.6 Å². The van der Waals surface area contributed by atoms with Gasteiger partial charge in [-0.1, -0.05) is 18.2 Å².